The van der Waals surface area contributed by atoms with E-state index in [4.69, 9.17) is 9.47 Å². The molecule has 2 aliphatic heterocycles. The Hall–Kier alpha value is -4.32. The summed E-state index contributed by atoms with van der Waals surface area (Å²) in [7, 11) is 3.23. The predicted octanol–water partition coefficient (Wildman–Crippen LogP) is 2.66. The number of aromatic nitrogens is 1. The SMILES string of the molecule is COc1ccc(N2CCN(CC(=O)N3CCN(c4cc5c(cc4F)c(=O)c(C(=O)O)cn5C4CC4)CC3)CC2)cc1OC. The first kappa shape index (κ1) is 28.8. The molecule has 0 radical (unpaired) electrons. The van der Waals surface area contributed by atoms with Gasteiger partial charge in [-0.25, -0.2) is 9.18 Å². The number of amides is 1. The highest BCUT2D eigenvalue weighted by atomic mass is 19.1. The molecule has 1 aromatic heterocycles. The number of hydrogen-bond acceptors (Lipinski definition) is 8. The van der Waals surface area contributed by atoms with Gasteiger partial charge in [0.1, 0.15) is 11.4 Å². The van der Waals surface area contributed by atoms with Crippen LogP contribution in [0, 0.1) is 5.82 Å². The van der Waals surface area contributed by atoms with Crippen LogP contribution in [0.1, 0.15) is 29.2 Å². The molecule has 0 unspecified atom stereocenters. The van der Waals surface area contributed by atoms with Gasteiger partial charge in [0.15, 0.2) is 11.5 Å². The van der Waals surface area contributed by atoms with Crippen LogP contribution in [0.5, 0.6) is 11.5 Å². The number of pyridine rings is 1. The molecular weight excluding hydrogens is 557 g/mol. The summed E-state index contributed by atoms with van der Waals surface area (Å²) >= 11 is 0. The fourth-order valence-electron chi connectivity index (χ4n) is 6.08. The highest BCUT2D eigenvalue weighted by Gasteiger charge is 2.30. The van der Waals surface area contributed by atoms with Crippen LogP contribution in [0.3, 0.4) is 0 Å². The van der Waals surface area contributed by atoms with Crippen molar-refractivity contribution in [2.24, 2.45) is 0 Å². The van der Waals surface area contributed by atoms with Crippen molar-refractivity contribution in [1.82, 2.24) is 14.4 Å². The number of nitrogens with zero attached hydrogens (tertiary/aromatic N) is 5. The molecule has 3 aliphatic rings. The van der Waals surface area contributed by atoms with Crippen LogP contribution >= 0.6 is 0 Å². The Kier molecular flexibility index (Phi) is 7.87. The minimum absolute atomic E-state index is 0.0574. The van der Waals surface area contributed by atoms with Crippen LogP contribution in [0.2, 0.25) is 0 Å². The molecule has 1 N–H and O–H groups in total. The van der Waals surface area contributed by atoms with Gasteiger partial charge in [0.25, 0.3) is 0 Å². The molecule has 3 heterocycles. The molecule has 12 heteroatoms. The van der Waals surface area contributed by atoms with Gasteiger partial charge in [-0.3, -0.25) is 14.5 Å². The first-order chi connectivity index (χ1) is 20.8. The molecule has 0 atom stereocenters. The van der Waals surface area contributed by atoms with Crippen molar-refractivity contribution in [2.45, 2.75) is 18.9 Å². The molecule has 3 fully saturated rings. The lowest BCUT2D eigenvalue weighted by molar-refractivity contribution is -0.132. The number of carbonyl (C=O) groups excluding carboxylic acids is 1. The van der Waals surface area contributed by atoms with Crippen LogP contribution in [-0.2, 0) is 4.79 Å². The van der Waals surface area contributed by atoms with Gasteiger partial charge < -0.3 is 33.8 Å². The summed E-state index contributed by atoms with van der Waals surface area (Å²) in [5, 5.41) is 9.56. The molecule has 3 aromatic rings. The number of methoxy groups -OCH3 is 2. The summed E-state index contributed by atoms with van der Waals surface area (Å²) < 4.78 is 27.9. The third-order valence-electron chi connectivity index (χ3n) is 8.71. The average molecular weight is 594 g/mol. The van der Waals surface area contributed by atoms with Crippen molar-refractivity contribution in [3.8, 4) is 11.5 Å². The second-order valence-electron chi connectivity index (χ2n) is 11.3. The van der Waals surface area contributed by atoms with Crippen LogP contribution in [0.15, 0.2) is 41.3 Å². The summed E-state index contributed by atoms with van der Waals surface area (Å²) in [6.07, 6.45) is 3.15. The van der Waals surface area contributed by atoms with Gasteiger partial charge in [-0.1, -0.05) is 0 Å². The molecule has 0 bridgehead atoms. The highest BCUT2D eigenvalue weighted by Crippen LogP contribution is 2.38. The number of piperazine rings is 2. The van der Waals surface area contributed by atoms with Crippen molar-refractivity contribution in [2.75, 3.05) is 82.9 Å². The lowest BCUT2D eigenvalue weighted by atomic mass is 10.1. The Balaban J connectivity index is 1.07. The normalized spacial score (nSPS) is 17.8. The van der Waals surface area contributed by atoms with E-state index in [0.717, 1.165) is 50.8 Å². The first-order valence-corrected chi connectivity index (χ1v) is 14.6. The number of carbonyl (C=O) groups is 2. The van der Waals surface area contributed by atoms with Crippen LogP contribution < -0.4 is 24.7 Å². The monoisotopic (exact) mass is 593 g/mol. The Morgan fingerprint density at radius 2 is 1.58 bits per heavy atom. The van der Waals surface area contributed by atoms with Gasteiger partial charge >= 0.3 is 5.97 Å². The summed E-state index contributed by atoms with van der Waals surface area (Å²) in [6, 6.07) is 8.81. The fraction of sp³-hybridized carbons (Fsp3) is 0.452. The van der Waals surface area contributed by atoms with E-state index in [1.807, 2.05) is 28.0 Å². The number of hydrogen-bond donors (Lipinski definition) is 1. The first-order valence-electron chi connectivity index (χ1n) is 14.6. The van der Waals surface area contributed by atoms with E-state index in [9.17, 15) is 19.5 Å². The topological polar surface area (TPSA) is 108 Å². The van der Waals surface area contributed by atoms with Crippen LogP contribution in [0.25, 0.3) is 10.9 Å². The predicted molar refractivity (Wildman–Crippen MR) is 160 cm³/mol. The van der Waals surface area contributed by atoms with Gasteiger partial charge in [-0.15, -0.1) is 0 Å². The van der Waals surface area contributed by atoms with E-state index in [2.05, 4.69) is 9.80 Å². The molecule has 2 aromatic carbocycles. The number of halogens is 1. The molecule has 1 amide bonds. The minimum Gasteiger partial charge on any atom is -0.493 e. The highest BCUT2D eigenvalue weighted by molar-refractivity contribution is 5.93. The Morgan fingerprint density at radius 3 is 2.21 bits per heavy atom. The number of benzene rings is 2. The number of anilines is 2. The molecule has 0 spiro atoms. The summed E-state index contributed by atoms with van der Waals surface area (Å²) in [6.45, 7) is 5.29. The van der Waals surface area contributed by atoms with E-state index < -0.39 is 17.2 Å². The van der Waals surface area contributed by atoms with Crippen LogP contribution in [0.4, 0.5) is 15.8 Å². The van der Waals surface area contributed by atoms with Crippen molar-refractivity contribution in [3.05, 3.63) is 58.1 Å². The van der Waals surface area contributed by atoms with Gasteiger partial charge in [-0.05, 0) is 37.1 Å². The second-order valence-corrected chi connectivity index (χ2v) is 11.3. The zero-order valence-corrected chi connectivity index (χ0v) is 24.4. The van der Waals surface area contributed by atoms with Crippen molar-refractivity contribution < 1.29 is 28.6 Å². The minimum atomic E-state index is -1.31. The maximum absolute atomic E-state index is 15.3. The molecule has 2 saturated heterocycles. The zero-order chi connectivity index (χ0) is 30.2. The third-order valence-corrected chi connectivity index (χ3v) is 8.71. The Morgan fingerprint density at radius 1 is 0.907 bits per heavy atom. The van der Waals surface area contributed by atoms with Crippen molar-refractivity contribution in [3.63, 3.8) is 0 Å². The third kappa shape index (κ3) is 5.71. The maximum Gasteiger partial charge on any atom is 0.341 e. The standard InChI is InChI=1S/C31H36FN5O6/c1-42-27-6-5-21(15-28(27)43-2)34-9-7-33(8-10-34)19-29(38)36-13-11-35(12-14-36)26-17-25-22(16-24(26)32)30(39)23(31(40)41)18-37(25)20-3-4-20/h5-6,15-18,20H,3-4,7-14,19H2,1-2H3,(H,40,41). The lowest BCUT2D eigenvalue weighted by Crippen LogP contribution is -2.54. The largest absolute Gasteiger partial charge is 0.493 e. The summed E-state index contributed by atoms with van der Waals surface area (Å²) in [4.78, 5) is 45.7. The fourth-order valence-corrected chi connectivity index (χ4v) is 6.08. The Labute approximate surface area is 248 Å². The van der Waals surface area contributed by atoms with Crippen molar-refractivity contribution in [1.29, 1.82) is 0 Å². The molecule has 1 saturated carbocycles. The lowest BCUT2D eigenvalue weighted by Gasteiger charge is -2.39. The number of ether oxygens (including phenoxy) is 2. The molecule has 6 rings (SSSR count). The van der Waals surface area contributed by atoms with E-state index in [-0.39, 0.29) is 22.9 Å². The quantitative estimate of drug-likeness (QED) is 0.422. The van der Waals surface area contributed by atoms with Crippen LogP contribution in [-0.4, -0.2) is 104 Å². The average Bonchev–Trinajstić information content (AvgIpc) is 3.87. The molecule has 1 aliphatic carbocycles. The van der Waals surface area contributed by atoms with E-state index >= 15 is 4.39 Å². The Bertz CT molecular complexity index is 1610. The van der Waals surface area contributed by atoms with E-state index in [1.54, 1.807) is 24.9 Å². The zero-order valence-electron chi connectivity index (χ0n) is 24.4. The molecular formula is C31H36FN5O6. The van der Waals surface area contributed by atoms with Gasteiger partial charge in [0, 0.05) is 81.7 Å². The number of fused-ring (bicyclic) bond motifs is 1. The number of carboxylic acid groups (broad SMARTS) is 1. The van der Waals surface area contributed by atoms with E-state index in [0.29, 0.717) is 55.4 Å². The maximum atomic E-state index is 15.3. The van der Waals surface area contributed by atoms with Gasteiger partial charge in [0.2, 0.25) is 11.3 Å². The summed E-state index contributed by atoms with van der Waals surface area (Å²) in [5.41, 5.74) is 0.936. The van der Waals surface area contributed by atoms with Crippen molar-refractivity contribution >= 4 is 34.2 Å². The number of aromatic carboxylic acids is 1. The molecule has 11 nitrogen and oxygen atoms in total. The summed E-state index contributed by atoms with van der Waals surface area (Å²) in [5.74, 6) is -0.452. The second kappa shape index (κ2) is 11.8. The molecule has 43 heavy (non-hydrogen) atoms. The van der Waals surface area contributed by atoms with Gasteiger partial charge in [0.05, 0.1) is 32.0 Å². The number of carboxylic acids is 1. The van der Waals surface area contributed by atoms with Gasteiger partial charge in [-0.2, -0.15) is 0 Å². The smallest absolute Gasteiger partial charge is 0.341 e. The number of rotatable bonds is 8. The molecule has 228 valence electrons. The van der Waals surface area contributed by atoms with E-state index in [1.165, 1.54) is 6.20 Å².